The van der Waals surface area contributed by atoms with Crippen LogP contribution < -0.4 is 10.9 Å². The molecule has 0 spiro atoms. The van der Waals surface area contributed by atoms with E-state index in [1.165, 1.54) is 11.1 Å². The third-order valence-electron chi connectivity index (χ3n) is 3.86. The second-order valence-electron chi connectivity index (χ2n) is 6.21. The van der Waals surface area contributed by atoms with Crippen LogP contribution in [0.4, 0.5) is 0 Å². The van der Waals surface area contributed by atoms with Crippen LogP contribution in [0.15, 0.2) is 10.9 Å². The third-order valence-corrected chi connectivity index (χ3v) is 3.86. The van der Waals surface area contributed by atoms with Gasteiger partial charge in [0.1, 0.15) is 6.54 Å². The number of carbonyl (C=O) groups is 1. The van der Waals surface area contributed by atoms with Gasteiger partial charge in [0.2, 0.25) is 5.91 Å². The summed E-state index contributed by atoms with van der Waals surface area (Å²) in [6.45, 7) is 4.90. The van der Waals surface area contributed by atoms with E-state index < -0.39 is 0 Å². The Bertz CT molecular complexity index is 549. The van der Waals surface area contributed by atoms with Crippen molar-refractivity contribution in [2.24, 2.45) is 5.92 Å². The molecule has 0 fully saturated rings. The van der Waals surface area contributed by atoms with Gasteiger partial charge in [-0.3, -0.25) is 9.59 Å². The van der Waals surface area contributed by atoms with Gasteiger partial charge >= 0.3 is 0 Å². The van der Waals surface area contributed by atoms with Crippen LogP contribution in [0.3, 0.4) is 0 Å². The van der Waals surface area contributed by atoms with Crippen molar-refractivity contribution >= 4 is 5.91 Å². The number of nitrogens with zero attached hydrogens (tertiary/aromatic N) is 2. The number of hydrogen-bond acceptors (Lipinski definition) is 3. The van der Waals surface area contributed by atoms with Gasteiger partial charge in [-0.05, 0) is 43.6 Å². The van der Waals surface area contributed by atoms with Crippen molar-refractivity contribution in [3.8, 4) is 0 Å². The van der Waals surface area contributed by atoms with Crippen LogP contribution in [-0.2, 0) is 24.2 Å². The van der Waals surface area contributed by atoms with Crippen molar-refractivity contribution < 1.29 is 4.79 Å². The predicted octanol–water partition coefficient (Wildman–Crippen LogP) is 1.67. The average molecular weight is 291 g/mol. The second-order valence-corrected chi connectivity index (χ2v) is 6.21. The normalized spacial score (nSPS) is 14.6. The van der Waals surface area contributed by atoms with E-state index in [1.807, 2.05) is 0 Å². The van der Waals surface area contributed by atoms with E-state index in [4.69, 9.17) is 0 Å². The summed E-state index contributed by atoms with van der Waals surface area (Å²) in [6.07, 6.45) is 6.19. The average Bonchev–Trinajstić information content (AvgIpc) is 2.63. The number of fused-ring (bicyclic) bond motifs is 1. The molecule has 5 heteroatoms. The predicted molar refractivity (Wildman–Crippen MR) is 82.2 cm³/mol. The first kappa shape index (κ1) is 15.7. The van der Waals surface area contributed by atoms with Crippen LogP contribution in [-0.4, -0.2) is 22.2 Å². The molecular formula is C16H25N3O2. The number of carbonyl (C=O) groups excluding carboxylic acids is 1. The summed E-state index contributed by atoms with van der Waals surface area (Å²) in [5, 5.41) is 7.24. The van der Waals surface area contributed by atoms with Crippen molar-refractivity contribution in [2.75, 3.05) is 6.54 Å². The molecule has 116 valence electrons. The zero-order valence-electron chi connectivity index (χ0n) is 13.0. The SMILES string of the molecule is CC(C)CCNC(=O)Cn1nc2c(cc1=O)CCCCC2. The largest absolute Gasteiger partial charge is 0.354 e. The zero-order chi connectivity index (χ0) is 15.2. The van der Waals surface area contributed by atoms with Crippen LogP contribution >= 0.6 is 0 Å². The van der Waals surface area contributed by atoms with Crippen LogP contribution in [0.1, 0.15) is 50.8 Å². The van der Waals surface area contributed by atoms with Gasteiger partial charge in [-0.25, -0.2) is 4.68 Å². The van der Waals surface area contributed by atoms with Gasteiger partial charge in [0.05, 0.1) is 5.69 Å². The summed E-state index contributed by atoms with van der Waals surface area (Å²) in [6, 6.07) is 1.66. The molecule has 2 rings (SSSR count). The number of aryl methyl sites for hydroxylation is 2. The van der Waals surface area contributed by atoms with Crippen molar-refractivity contribution in [1.82, 2.24) is 15.1 Å². The standard InChI is InChI=1S/C16H25N3O2/c1-12(2)8-9-17-15(20)11-19-16(21)10-13-6-4-3-5-7-14(13)18-19/h10,12H,3-9,11H2,1-2H3,(H,17,20). The minimum Gasteiger partial charge on any atom is -0.354 e. The number of nitrogens with one attached hydrogen (secondary N) is 1. The van der Waals surface area contributed by atoms with E-state index >= 15 is 0 Å². The highest BCUT2D eigenvalue weighted by Crippen LogP contribution is 2.16. The van der Waals surface area contributed by atoms with Gasteiger partial charge in [0.15, 0.2) is 0 Å². The van der Waals surface area contributed by atoms with E-state index in [1.54, 1.807) is 6.07 Å². The van der Waals surface area contributed by atoms with Crippen molar-refractivity contribution in [1.29, 1.82) is 0 Å². The molecule has 0 aromatic carbocycles. The number of amides is 1. The molecule has 1 heterocycles. The molecule has 1 aliphatic rings. The Morgan fingerprint density at radius 2 is 2.10 bits per heavy atom. The number of rotatable bonds is 5. The van der Waals surface area contributed by atoms with Crippen LogP contribution in [0.5, 0.6) is 0 Å². The molecule has 0 bridgehead atoms. The molecule has 1 aromatic rings. The monoisotopic (exact) mass is 291 g/mol. The highest BCUT2D eigenvalue weighted by molar-refractivity contribution is 5.75. The van der Waals surface area contributed by atoms with Crippen molar-refractivity contribution in [2.45, 2.75) is 58.9 Å². The zero-order valence-corrected chi connectivity index (χ0v) is 13.0. The molecule has 1 amide bonds. The first-order valence-electron chi connectivity index (χ1n) is 7.93. The van der Waals surface area contributed by atoms with Gasteiger partial charge in [-0.1, -0.05) is 20.3 Å². The Kier molecular flexibility index (Phi) is 5.53. The first-order valence-corrected chi connectivity index (χ1v) is 7.93. The van der Waals surface area contributed by atoms with E-state index in [9.17, 15) is 9.59 Å². The topological polar surface area (TPSA) is 64.0 Å². The summed E-state index contributed by atoms with van der Waals surface area (Å²) in [5.74, 6) is 0.414. The second kappa shape index (κ2) is 7.38. The van der Waals surface area contributed by atoms with Crippen molar-refractivity contribution in [3.05, 3.63) is 27.7 Å². The molecule has 0 atom stereocenters. The summed E-state index contributed by atoms with van der Waals surface area (Å²) in [5.41, 5.74) is 1.88. The van der Waals surface area contributed by atoms with E-state index in [2.05, 4.69) is 24.3 Å². The summed E-state index contributed by atoms with van der Waals surface area (Å²) >= 11 is 0. The lowest BCUT2D eigenvalue weighted by atomic mass is 10.1. The summed E-state index contributed by atoms with van der Waals surface area (Å²) in [7, 11) is 0. The van der Waals surface area contributed by atoms with Gasteiger partial charge < -0.3 is 5.32 Å². The minimum atomic E-state index is -0.172. The molecule has 0 saturated carbocycles. The Hall–Kier alpha value is -1.65. The Labute approximate surface area is 125 Å². The minimum absolute atomic E-state index is 0.0181. The van der Waals surface area contributed by atoms with Crippen LogP contribution in [0, 0.1) is 5.92 Å². The highest BCUT2D eigenvalue weighted by Gasteiger charge is 2.13. The van der Waals surface area contributed by atoms with Crippen LogP contribution in [0.2, 0.25) is 0 Å². The van der Waals surface area contributed by atoms with E-state index in [0.29, 0.717) is 12.5 Å². The molecule has 21 heavy (non-hydrogen) atoms. The molecule has 1 aromatic heterocycles. The molecule has 0 unspecified atom stereocenters. The molecule has 0 saturated heterocycles. The van der Waals surface area contributed by atoms with Gasteiger partial charge in [0.25, 0.3) is 5.56 Å². The number of hydrogen-bond donors (Lipinski definition) is 1. The quantitative estimate of drug-likeness (QED) is 0.839. The lowest BCUT2D eigenvalue weighted by molar-refractivity contribution is -0.121. The fraction of sp³-hybridized carbons (Fsp3) is 0.688. The van der Waals surface area contributed by atoms with E-state index in [0.717, 1.165) is 43.4 Å². The third kappa shape index (κ3) is 4.69. The lowest BCUT2D eigenvalue weighted by Gasteiger charge is -2.10. The summed E-state index contributed by atoms with van der Waals surface area (Å²) in [4.78, 5) is 23.9. The van der Waals surface area contributed by atoms with Crippen LogP contribution in [0.25, 0.3) is 0 Å². The van der Waals surface area contributed by atoms with Crippen molar-refractivity contribution in [3.63, 3.8) is 0 Å². The van der Waals surface area contributed by atoms with Gasteiger partial charge in [-0.2, -0.15) is 5.10 Å². The summed E-state index contributed by atoms with van der Waals surface area (Å²) < 4.78 is 1.30. The lowest BCUT2D eigenvalue weighted by Crippen LogP contribution is -2.35. The Morgan fingerprint density at radius 1 is 1.33 bits per heavy atom. The first-order chi connectivity index (χ1) is 10.1. The maximum Gasteiger partial charge on any atom is 0.267 e. The van der Waals surface area contributed by atoms with Gasteiger partial charge in [-0.15, -0.1) is 0 Å². The highest BCUT2D eigenvalue weighted by atomic mass is 16.2. The molecule has 0 aliphatic heterocycles. The molecular weight excluding hydrogens is 266 g/mol. The smallest absolute Gasteiger partial charge is 0.267 e. The fourth-order valence-electron chi connectivity index (χ4n) is 2.58. The molecule has 0 radical (unpaired) electrons. The fourth-order valence-corrected chi connectivity index (χ4v) is 2.58. The Balaban J connectivity index is 2.01. The number of aromatic nitrogens is 2. The van der Waals surface area contributed by atoms with E-state index in [-0.39, 0.29) is 18.0 Å². The van der Waals surface area contributed by atoms with Gasteiger partial charge in [0, 0.05) is 12.6 Å². The maximum atomic E-state index is 12.0. The maximum absolute atomic E-state index is 12.0. The molecule has 5 nitrogen and oxygen atoms in total. The molecule has 1 aliphatic carbocycles. The Morgan fingerprint density at radius 3 is 2.86 bits per heavy atom. The molecule has 1 N–H and O–H groups in total.